The number of aromatic nitrogens is 2. The number of carboxylic acids is 1. The fourth-order valence-electron chi connectivity index (χ4n) is 1.46. The normalized spacial score (nSPS) is 9.89. The summed E-state index contributed by atoms with van der Waals surface area (Å²) >= 11 is 0. The van der Waals surface area contributed by atoms with E-state index in [2.05, 4.69) is 10.4 Å². The second kappa shape index (κ2) is 7.13. The summed E-state index contributed by atoms with van der Waals surface area (Å²) < 4.78 is 1.31. The zero-order valence-electron chi connectivity index (χ0n) is 10.2. The van der Waals surface area contributed by atoms with Crippen molar-refractivity contribution in [3.8, 4) is 6.07 Å². The van der Waals surface area contributed by atoms with Crippen LogP contribution in [0.3, 0.4) is 0 Å². The highest BCUT2D eigenvalue weighted by atomic mass is 16.4. The molecule has 0 spiro atoms. The van der Waals surface area contributed by atoms with Crippen molar-refractivity contribution in [2.24, 2.45) is 0 Å². The average Bonchev–Trinajstić information content (AvgIpc) is 2.72. The zero-order chi connectivity index (χ0) is 14.3. The minimum Gasteiger partial charge on any atom is -0.481 e. The number of aliphatic hydroxyl groups is 1. The van der Waals surface area contributed by atoms with E-state index in [4.69, 9.17) is 15.5 Å². The summed E-state index contributed by atoms with van der Waals surface area (Å²) in [5.74, 6) is -1.13. The smallest absolute Gasteiger partial charge is 0.303 e. The molecule has 0 aliphatic rings. The molecule has 1 heterocycles. The summed E-state index contributed by atoms with van der Waals surface area (Å²) in [5, 5.41) is 32.5. The number of hydrogen-bond donors (Lipinski definition) is 3. The van der Waals surface area contributed by atoms with Crippen LogP contribution in [-0.4, -0.2) is 38.5 Å². The van der Waals surface area contributed by atoms with E-state index in [1.54, 1.807) is 0 Å². The van der Waals surface area contributed by atoms with Gasteiger partial charge in [0.1, 0.15) is 17.5 Å². The van der Waals surface area contributed by atoms with Gasteiger partial charge in [0.2, 0.25) is 5.91 Å². The Morgan fingerprint density at radius 2 is 2.21 bits per heavy atom. The Kier molecular flexibility index (Phi) is 5.50. The standard InChI is InChI=1S/C11H14N4O4/c12-6-8-7-13-15(4-5-16)11(8)14-9(17)2-1-3-10(18)19/h7,16H,1-5H2,(H,14,17)(H,18,19). The summed E-state index contributed by atoms with van der Waals surface area (Å²) in [6, 6.07) is 1.88. The summed E-state index contributed by atoms with van der Waals surface area (Å²) in [6.07, 6.45) is 1.47. The number of carbonyl (C=O) groups is 2. The molecule has 19 heavy (non-hydrogen) atoms. The van der Waals surface area contributed by atoms with Crippen LogP contribution in [0.25, 0.3) is 0 Å². The van der Waals surface area contributed by atoms with Gasteiger partial charge in [0.25, 0.3) is 0 Å². The van der Waals surface area contributed by atoms with Crippen LogP contribution in [0, 0.1) is 11.3 Å². The first-order valence-corrected chi connectivity index (χ1v) is 5.67. The van der Waals surface area contributed by atoms with Crippen molar-refractivity contribution in [2.75, 3.05) is 11.9 Å². The fourth-order valence-corrected chi connectivity index (χ4v) is 1.46. The van der Waals surface area contributed by atoms with Crippen molar-refractivity contribution in [3.63, 3.8) is 0 Å². The molecule has 0 aliphatic heterocycles. The summed E-state index contributed by atoms with van der Waals surface area (Å²) in [4.78, 5) is 21.9. The van der Waals surface area contributed by atoms with E-state index in [0.29, 0.717) is 0 Å². The van der Waals surface area contributed by atoms with E-state index < -0.39 is 11.9 Å². The number of aliphatic hydroxyl groups excluding tert-OH is 1. The highest BCUT2D eigenvalue weighted by Gasteiger charge is 2.13. The van der Waals surface area contributed by atoms with Crippen LogP contribution >= 0.6 is 0 Å². The van der Waals surface area contributed by atoms with Gasteiger partial charge in [0.05, 0.1) is 19.3 Å². The van der Waals surface area contributed by atoms with Gasteiger partial charge < -0.3 is 15.5 Å². The predicted octanol–water partition coefficient (Wildman–Crippen LogP) is -0.0595. The molecule has 0 radical (unpaired) electrons. The Bertz CT molecular complexity index is 503. The van der Waals surface area contributed by atoms with E-state index in [-0.39, 0.29) is 43.8 Å². The SMILES string of the molecule is N#Cc1cnn(CCO)c1NC(=O)CCCC(=O)O. The molecular formula is C11H14N4O4. The van der Waals surface area contributed by atoms with Crippen molar-refractivity contribution in [3.05, 3.63) is 11.8 Å². The number of hydrogen-bond acceptors (Lipinski definition) is 5. The molecule has 0 saturated carbocycles. The lowest BCUT2D eigenvalue weighted by molar-refractivity contribution is -0.137. The fraction of sp³-hybridized carbons (Fsp3) is 0.455. The molecule has 0 aromatic carbocycles. The number of carbonyl (C=O) groups excluding carboxylic acids is 1. The van der Waals surface area contributed by atoms with Crippen LogP contribution in [0.15, 0.2) is 6.20 Å². The van der Waals surface area contributed by atoms with Crippen LogP contribution in [0.5, 0.6) is 0 Å². The van der Waals surface area contributed by atoms with Gasteiger partial charge >= 0.3 is 5.97 Å². The largest absolute Gasteiger partial charge is 0.481 e. The van der Waals surface area contributed by atoms with E-state index in [1.165, 1.54) is 10.9 Å². The Morgan fingerprint density at radius 1 is 1.47 bits per heavy atom. The molecule has 0 aliphatic carbocycles. The van der Waals surface area contributed by atoms with Crippen LogP contribution in [0.4, 0.5) is 5.82 Å². The van der Waals surface area contributed by atoms with Crippen LogP contribution in [0.1, 0.15) is 24.8 Å². The number of nitrogens with one attached hydrogen (secondary N) is 1. The number of amides is 1. The first-order chi connectivity index (χ1) is 9.08. The molecule has 1 aromatic rings. The Labute approximate surface area is 109 Å². The predicted molar refractivity (Wildman–Crippen MR) is 64.1 cm³/mol. The zero-order valence-corrected chi connectivity index (χ0v) is 10.2. The molecule has 0 bridgehead atoms. The summed E-state index contributed by atoms with van der Waals surface area (Å²) in [7, 11) is 0. The van der Waals surface area contributed by atoms with Gasteiger partial charge in [-0.3, -0.25) is 9.59 Å². The van der Waals surface area contributed by atoms with Gasteiger partial charge in [-0.15, -0.1) is 0 Å². The third-order valence-corrected chi connectivity index (χ3v) is 2.32. The number of nitrogens with zero attached hydrogens (tertiary/aromatic N) is 3. The van der Waals surface area contributed by atoms with Crippen molar-refractivity contribution >= 4 is 17.7 Å². The van der Waals surface area contributed by atoms with Gasteiger partial charge in [0.15, 0.2) is 0 Å². The Morgan fingerprint density at radius 3 is 2.79 bits per heavy atom. The van der Waals surface area contributed by atoms with Crippen LogP contribution < -0.4 is 5.32 Å². The van der Waals surface area contributed by atoms with Crippen molar-refractivity contribution in [1.82, 2.24) is 9.78 Å². The third kappa shape index (κ3) is 4.40. The summed E-state index contributed by atoms with van der Waals surface area (Å²) in [5.41, 5.74) is 0.194. The lowest BCUT2D eigenvalue weighted by Gasteiger charge is -2.08. The van der Waals surface area contributed by atoms with Gasteiger partial charge in [-0.25, -0.2) is 4.68 Å². The number of rotatable bonds is 7. The first kappa shape index (κ1) is 14.7. The second-order valence-corrected chi connectivity index (χ2v) is 3.76. The van der Waals surface area contributed by atoms with E-state index in [1.807, 2.05) is 6.07 Å². The molecule has 3 N–H and O–H groups in total. The quantitative estimate of drug-likeness (QED) is 0.634. The lowest BCUT2D eigenvalue weighted by atomic mass is 10.2. The van der Waals surface area contributed by atoms with Crippen molar-refractivity contribution < 1.29 is 19.8 Å². The minimum absolute atomic E-state index is 0.0431. The number of carboxylic acid groups (broad SMARTS) is 1. The van der Waals surface area contributed by atoms with Gasteiger partial charge in [-0.2, -0.15) is 10.4 Å². The second-order valence-electron chi connectivity index (χ2n) is 3.76. The maximum absolute atomic E-state index is 11.6. The maximum atomic E-state index is 11.6. The topological polar surface area (TPSA) is 128 Å². The highest BCUT2D eigenvalue weighted by Crippen LogP contribution is 2.14. The van der Waals surface area contributed by atoms with Crippen molar-refractivity contribution in [1.29, 1.82) is 5.26 Å². The lowest BCUT2D eigenvalue weighted by Crippen LogP contribution is -2.17. The number of aliphatic carboxylic acids is 1. The molecule has 102 valence electrons. The minimum atomic E-state index is -0.962. The van der Waals surface area contributed by atoms with E-state index in [9.17, 15) is 9.59 Å². The van der Waals surface area contributed by atoms with Crippen LogP contribution in [-0.2, 0) is 16.1 Å². The highest BCUT2D eigenvalue weighted by molar-refractivity contribution is 5.91. The monoisotopic (exact) mass is 266 g/mol. The first-order valence-electron chi connectivity index (χ1n) is 5.67. The molecule has 1 rings (SSSR count). The average molecular weight is 266 g/mol. The number of anilines is 1. The molecule has 8 heteroatoms. The van der Waals surface area contributed by atoms with E-state index >= 15 is 0 Å². The van der Waals surface area contributed by atoms with Gasteiger partial charge in [-0.1, -0.05) is 0 Å². The molecule has 0 atom stereocenters. The van der Waals surface area contributed by atoms with Crippen LogP contribution in [0.2, 0.25) is 0 Å². The Balaban J connectivity index is 2.64. The van der Waals surface area contributed by atoms with Gasteiger partial charge in [0, 0.05) is 12.8 Å². The maximum Gasteiger partial charge on any atom is 0.303 e. The molecule has 0 unspecified atom stereocenters. The molecule has 1 aromatic heterocycles. The number of nitriles is 1. The van der Waals surface area contributed by atoms with Crippen molar-refractivity contribution in [2.45, 2.75) is 25.8 Å². The van der Waals surface area contributed by atoms with Gasteiger partial charge in [-0.05, 0) is 6.42 Å². The molecule has 0 saturated heterocycles. The summed E-state index contributed by atoms with van der Waals surface area (Å²) in [6.45, 7) is -0.0130. The third-order valence-electron chi connectivity index (χ3n) is 2.32. The molecule has 1 amide bonds. The molecule has 0 fully saturated rings. The Hall–Kier alpha value is -2.40. The van der Waals surface area contributed by atoms with E-state index in [0.717, 1.165) is 0 Å². The molecular weight excluding hydrogens is 252 g/mol. The molecule has 8 nitrogen and oxygen atoms in total.